The standard InChI is InChI=1S/C13H13Br2N3O2/c1-2-19-7-12-17-11(16)6-13(18-12)20-10-4-3-8(14)5-9(10)15/h3-6H,2,7H2,1H3,(H2,16,17,18). The van der Waals surface area contributed by atoms with Crippen molar-refractivity contribution in [3.63, 3.8) is 0 Å². The minimum absolute atomic E-state index is 0.305. The molecule has 0 aliphatic rings. The number of nitrogen functional groups attached to an aromatic ring is 1. The maximum Gasteiger partial charge on any atom is 0.224 e. The van der Waals surface area contributed by atoms with Crippen molar-refractivity contribution in [3.8, 4) is 11.6 Å². The van der Waals surface area contributed by atoms with Crippen molar-refractivity contribution in [1.82, 2.24) is 9.97 Å². The lowest BCUT2D eigenvalue weighted by Crippen LogP contribution is -2.03. The Morgan fingerprint density at radius 1 is 1.20 bits per heavy atom. The number of hydrogen-bond donors (Lipinski definition) is 1. The Morgan fingerprint density at radius 3 is 2.70 bits per heavy atom. The number of nitrogens with zero attached hydrogens (tertiary/aromatic N) is 2. The molecule has 0 fully saturated rings. The Balaban J connectivity index is 2.21. The van der Waals surface area contributed by atoms with Gasteiger partial charge in [0.1, 0.15) is 18.2 Å². The Bertz CT molecular complexity index is 608. The first-order valence-corrected chi connectivity index (χ1v) is 7.51. The number of benzene rings is 1. The third-order valence-electron chi connectivity index (χ3n) is 2.31. The highest BCUT2D eigenvalue weighted by atomic mass is 79.9. The van der Waals surface area contributed by atoms with Crippen LogP contribution in [0.3, 0.4) is 0 Å². The van der Waals surface area contributed by atoms with E-state index >= 15 is 0 Å². The van der Waals surface area contributed by atoms with Crippen molar-refractivity contribution in [1.29, 1.82) is 0 Å². The quantitative estimate of drug-likeness (QED) is 0.820. The van der Waals surface area contributed by atoms with Crippen LogP contribution in [0.5, 0.6) is 11.6 Å². The average Bonchev–Trinajstić information content (AvgIpc) is 2.39. The van der Waals surface area contributed by atoms with E-state index in [1.807, 2.05) is 25.1 Å². The third kappa shape index (κ3) is 4.16. The molecule has 1 aromatic heterocycles. The van der Waals surface area contributed by atoms with Crippen LogP contribution in [0.4, 0.5) is 5.82 Å². The van der Waals surface area contributed by atoms with Crippen LogP contribution in [0.15, 0.2) is 33.2 Å². The minimum atomic E-state index is 0.305. The number of halogens is 2. The molecule has 5 nitrogen and oxygen atoms in total. The van der Waals surface area contributed by atoms with Gasteiger partial charge in [-0.1, -0.05) is 15.9 Å². The fourth-order valence-electron chi connectivity index (χ4n) is 1.47. The predicted octanol–water partition coefficient (Wildman–Crippen LogP) is 3.91. The van der Waals surface area contributed by atoms with Crippen LogP contribution in [-0.2, 0) is 11.3 Å². The van der Waals surface area contributed by atoms with Crippen molar-refractivity contribution in [2.24, 2.45) is 0 Å². The zero-order chi connectivity index (χ0) is 14.5. The molecule has 0 aliphatic carbocycles. The summed E-state index contributed by atoms with van der Waals surface area (Å²) in [7, 11) is 0. The van der Waals surface area contributed by atoms with E-state index in [2.05, 4.69) is 41.8 Å². The molecule has 2 aromatic rings. The van der Waals surface area contributed by atoms with Gasteiger partial charge in [-0.15, -0.1) is 0 Å². The van der Waals surface area contributed by atoms with Gasteiger partial charge in [0, 0.05) is 17.1 Å². The van der Waals surface area contributed by atoms with Gasteiger partial charge in [-0.2, -0.15) is 4.98 Å². The average molecular weight is 403 g/mol. The number of anilines is 1. The smallest absolute Gasteiger partial charge is 0.224 e. The summed E-state index contributed by atoms with van der Waals surface area (Å²) in [4.78, 5) is 8.35. The van der Waals surface area contributed by atoms with Crippen LogP contribution in [-0.4, -0.2) is 16.6 Å². The molecule has 0 spiro atoms. The van der Waals surface area contributed by atoms with Crippen molar-refractivity contribution in [2.45, 2.75) is 13.5 Å². The van der Waals surface area contributed by atoms with Gasteiger partial charge >= 0.3 is 0 Å². The van der Waals surface area contributed by atoms with Crippen LogP contribution in [0, 0.1) is 0 Å². The van der Waals surface area contributed by atoms with Gasteiger partial charge in [-0.05, 0) is 41.1 Å². The highest BCUT2D eigenvalue weighted by molar-refractivity contribution is 9.11. The van der Waals surface area contributed by atoms with Gasteiger partial charge in [0.25, 0.3) is 0 Å². The van der Waals surface area contributed by atoms with Crippen molar-refractivity contribution in [2.75, 3.05) is 12.3 Å². The number of rotatable bonds is 5. The van der Waals surface area contributed by atoms with Gasteiger partial charge in [-0.3, -0.25) is 0 Å². The molecule has 0 saturated carbocycles. The summed E-state index contributed by atoms with van der Waals surface area (Å²) >= 11 is 6.81. The molecule has 0 atom stereocenters. The van der Waals surface area contributed by atoms with Gasteiger partial charge in [-0.25, -0.2) is 4.98 Å². The van der Waals surface area contributed by atoms with Crippen LogP contribution in [0.1, 0.15) is 12.7 Å². The lowest BCUT2D eigenvalue weighted by Gasteiger charge is -2.09. The molecule has 0 saturated heterocycles. The number of ether oxygens (including phenoxy) is 2. The van der Waals surface area contributed by atoms with E-state index in [1.165, 1.54) is 0 Å². The SMILES string of the molecule is CCOCc1nc(N)cc(Oc2ccc(Br)cc2Br)n1. The molecule has 1 heterocycles. The van der Waals surface area contributed by atoms with E-state index in [0.717, 1.165) is 8.95 Å². The second kappa shape index (κ2) is 7.01. The summed E-state index contributed by atoms with van der Waals surface area (Å²) in [5.41, 5.74) is 5.74. The third-order valence-corrected chi connectivity index (χ3v) is 3.43. The van der Waals surface area contributed by atoms with Crippen molar-refractivity contribution >= 4 is 37.7 Å². The molecule has 0 aliphatic heterocycles. The molecule has 2 rings (SSSR count). The van der Waals surface area contributed by atoms with E-state index in [4.69, 9.17) is 15.2 Å². The summed E-state index contributed by atoms with van der Waals surface area (Å²) in [5, 5.41) is 0. The van der Waals surface area contributed by atoms with E-state index < -0.39 is 0 Å². The van der Waals surface area contributed by atoms with Crippen LogP contribution >= 0.6 is 31.9 Å². The van der Waals surface area contributed by atoms with Gasteiger partial charge < -0.3 is 15.2 Å². The molecule has 106 valence electrons. The number of aromatic nitrogens is 2. The summed E-state index contributed by atoms with van der Waals surface area (Å²) in [6.45, 7) is 2.80. The molecule has 0 radical (unpaired) electrons. The largest absolute Gasteiger partial charge is 0.438 e. The zero-order valence-electron chi connectivity index (χ0n) is 10.8. The molecule has 0 unspecified atom stereocenters. The molecule has 20 heavy (non-hydrogen) atoms. The summed E-state index contributed by atoms with van der Waals surface area (Å²) < 4.78 is 12.7. The molecule has 1 aromatic carbocycles. The van der Waals surface area contributed by atoms with Crippen molar-refractivity contribution < 1.29 is 9.47 Å². The van der Waals surface area contributed by atoms with Crippen molar-refractivity contribution in [3.05, 3.63) is 39.0 Å². The monoisotopic (exact) mass is 401 g/mol. The lowest BCUT2D eigenvalue weighted by molar-refractivity contribution is 0.128. The van der Waals surface area contributed by atoms with Crippen LogP contribution in [0.25, 0.3) is 0 Å². The first-order valence-electron chi connectivity index (χ1n) is 5.92. The normalized spacial score (nSPS) is 10.6. The molecular formula is C13H13Br2N3O2. The summed E-state index contributed by atoms with van der Waals surface area (Å²) in [6.07, 6.45) is 0. The van der Waals surface area contributed by atoms with E-state index in [1.54, 1.807) is 6.07 Å². The maximum absolute atomic E-state index is 5.74. The Morgan fingerprint density at radius 2 is 2.00 bits per heavy atom. The van der Waals surface area contributed by atoms with Crippen LogP contribution in [0.2, 0.25) is 0 Å². The molecule has 0 amide bonds. The molecule has 2 N–H and O–H groups in total. The van der Waals surface area contributed by atoms with Crippen LogP contribution < -0.4 is 10.5 Å². The zero-order valence-corrected chi connectivity index (χ0v) is 13.9. The summed E-state index contributed by atoms with van der Waals surface area (Å²) in [5.74, 6) is 1.87. The first kappa shape index (κ1) is 15.2. The molecule has 7 heteroatoms. The first-order chi connectivity index (χ1) is 9.58. The van der Waals surface area contributed by atoms with E-state index in [9.17, 15) is 0 Å². The summed E-state index contributed by atoms with van der Waals surface area (Å²) in [6, 6.07) is 7.17. The van der Waals surface area contributed by atoms with E-state index in [-0.39, 0.29) is 0 Å². The topological polar surface area (TPSA) is 70.3 Å². The highest BCUT2D eigenvalue weighted by Crippen LogP contribution is 2.31. The highest BCUT2D eigenvalue weighted by Gasteiger charge is 2.08. The fraction of sp³-hybridized carbons (Fsp3) is 0.231. The predicted molar refractivity (Wildman–Crippen MR) is 83.7 cm³/mol. The minimum Gasteiger partial charge on any atom is -0.438 e. The Kier molecular flexibility index (Phi) is 5.33. The Labute approximate surface area is 133 Å². The van der Waals surface area contributed by atoms with Gasteiger partial charge in [0.15, 0.2) is 5.82 Å². The number of hydrogen-bond acceptors (Lipinski definition) is 5. The second-order valence-electron chi connectivity index (χ2n) is 3.86. The molecular weight excluding hydrogens is 390 g/mol. The fourth-order valence-corrected chi connectivity index (χ4v) is 2.60. The van der Waals surface area contributed by atoms with E-state index in [0.29, 0.717) is 36.5 Å². The van der Waals surface area contributed by atoms with Gasteiger partial charge in [0.05, 0.1) is 4.47 Å². The Hall–Kier alpha value is -1.18. The van der Waals surface area contributed by atoms with Gasteiger partial charge in [0.2, 0.25) is 5.88 Å². The second-order valence-corrected chi connectivity index (χ2v) is 5.63. The molecule has 0 bridgehead atoms. The number of nitrogens with two attached hydrogens (primary N) is 1. The lowest BCUT2D eigenvalue weighted by atomic mass is 10.3. The maximum atomic E-state index is 5.74.